The molecular formula is C18H23NO. The maximum atomic E-state index is 5.71. The van der Waals surface area contributed by atoms with Gasteiger partial charge in [0.15, 0.2) is 0 Å². The van der Waals surface area contributed by atoms with E-state index in [-0.39, 0.29) is 0 Å². The molecule has 0 saturated carbocycles. The van der Waals surface area contributed by atoms with Crippen LogP contribution in [0.3, 0.4) is 0 Å². The van der Waals surface area contributed by atoms with E-state index in [9.17, 15) is 0 Å². The fourth-order valence-corrected chi connectivity index (χ4v) is 2.07. The smallest absolute Gasteiger partial charge is 0.119 e. The SMILES string of the molecule is Cc1ccc(OCCCNC(C)c2ccccc2)cc1. The van der Waals surface area contributed by atoms with Gasteiger partial charge in [-0.1, -0.05) is 48.0 Å². The quantitative estimate of drug-likeness (QED) is 0.764. The second-order valence-electron chi connectivity index (χ2n) is 5.10. The van der Waals surface area contributed by atoms with Crippen molar-refractivity contribution in [1.82, 2.24) is 5.32 Å². The van der Waals surface area contributed by atoms with E-state index < -0.39 is 0 Å². The summed E-state index contributed by atoms with van der Waals surface area (Å²) in [5.41, 5.74) is 2.59. The molecule has 1 atom stereocenters. The van der Waals surface area contributed by atoms with Crippen LogP contribution in [0.2, 0.25) is 0 Å². The zero-order valence-corrected chi connectivity index (χ0v) is 12.3. The lowest BCUT2D eigenvalue weighted by atomic mass is 10.1. The lowest BCUT2D eigenvalue weighted by Crippen LogP contribution is -2.21. The number of aryl methyl sites for hydroxylation is 1. The number of hydrogen-bond acceptors (Lipinski definition) is 2. The van der Waals surface area contributed by atoms with Gasteiger partial charge in [-0.25, -0.2) is 0 Å². The van der Waals surface area contributed by atoms with Crippen molar-refractivity contribution in [3.63, 3.8) is 0 Å². The Morgan fingerprint density at radius 2 is 1.70 bits per heavy atom. The minimum absolute atomic E-state index is 0.385. The third-order valence-corrected chi connectivity index (χ3v) is 3.36. The Balaban J connectivity index is 1.63. The highest BCUT2D eigenvalue weighted by molar-refractivity contribution is 5.26. The topological polar surface area (TPSA) is 21.3 Å². The first-order valence-electron chi connectivity index (χ1n) is 7.23. The summed E-state index contributed by atoms with van der Waals surface area (Å²) in [7, 11) is 0. The van der Waals surface area contributed by atoms with E-state index in [0.29, 0.717) is 6.04 Å². The van der Waals surface area contributed by atoms with Crippen LogP contribution < -0.4 is 10.1 Å². The molecule has 2 rings (SSSR count). The van der Waals surface area contributed by atoms with Crippen LogP contribution in [0.5, 0.6) is 5.75 Å². The third-order valence-electron chi connectivity index (χ3n) is 3.36. The Morgan fingerprint density at radius 1 is 1.00 bits per heavy atom. The summed E-state index contributed by atoms with van der Waals surface area (Å²) >= 11 is 0. The van der Waals surface area contributed by atoms with Gasteiger partial charge in [0.2, 0.25) is 0 Å². The van der Waals surface area contributed by atoms with Gasteiger partial charge in [-0.15, -0.1) is 0 Å². The molecule has 2 aromatic rings. The predicted octanol–water partition coefficient (Wildman–Crippen LogP) is 4.11. The molecule has 106 valence electrons. The summed E-state index contributed by atoms with van der Waals surface area (Å²) in [4.78, 5) is 0. The van der Waals surface area contributed by atoms with E-state index in [1.54, 1.807) is 0 Å². The molecule has 2 heteroatoms. The molecule has 1 N–H and O–H groups in total. The predicted molar refractivity (Wildman–Crippen MR) is 84.2 cm³/mol. The Hall–Kier alpha value is -1.80. The summed E-state index contributed by atoms with van der Waals surface area (Å²) < 4.78 is 5.71. The Bertz CT molecular complexity index is 493. The molecule has 0 radical (unpaired) electrons. The van der Waals surface area contributed by atoms with Crippen LogP contribution >= 0.6 is 0 Å². The van der Waals surface area contributed by atoms with Gasteiger partial charge in [-0.3, -0.25) is 0 Å². The maximum Gasteiger partial charge on any atom is 0.119 e. The molecule has 0 aromatic heterocycles. The molecule has 0 saturated heterocycles. The molecule has 1 unspecified atom stereocenters. The zero-order valence-electron chi connectivity index (χ0n) is 12.3. The second-order valence-corrected chi connectivity index (χ2v) is 5.10. The average Bonchev–Trinajstić information content (AvgIpc) is 2.49. The van der Waals surface area contributed by atoms with Gasteiger partial charge < -0.3 is 10.1 Å². The minimum atomic E-state index is 0.385. The molecule has 0 amide bonds. The van der Waals surface area contributed by atoms with Gasteiger partial charge >= 0.3 is 0 Å². The largest absolute Gasteiger partial charge is 0.494 e. The first-order valence-corrected chi connectivity index (χ1v) is 7.23. The van der Waals surface area contributed by atoms with Crippen LogP contribution in [0.1, 0.15) is 30.5 Å². The molecule has 0 fully saturated rings. The van der Waals surface area contributed by atoms with Crippen LogP contribution in [-0.4, -0.2) is 13.2 Å². The van der Waals surface area contributed by atoms with Crippen molar-refractivity contribution in [2.45, 2.75) is 26.3 Å². The van der Waals surface area contributed by atoms with Gasteiger partial charge in [-0.2, -0.15) is 0 Å². The Labute approximate surface area is 121 Å². The van der Waals surface area contributed by atoms with Crippen molar-refractivity contribution < 1.29 is 4.74 Å². The molecule has 0 heterocycles. The van der Waals surface area contributed by atoms with Gasteiger partial charge in [0, 0.05) is 6.04 Å². The van der Waals surface area contributed by atoms with E-state index in [4.69, 9.17) is 4.74 Å². The molecule has 0 bridgehead atoms. The van der Waals surface area contributed by atoms with E-state index in [1.807, 2.05) is 18.2 Å². The van der Waals surface area contributed by atoms with Crippen LogP contribution in [-0.2, 0) is 0 Å². The number of ether oxygens (including phenoxy) is 1. The lowest BCUT2D eigenvalue weighted by molar-refractivity contribution is 0.305. The maximum absolute atomic E-state index is 5.71. The molecule has 0 spiro atoms. The number of rotatable bonds is 7. The third kappa shape index (κ3) is 4.71. The van der Waals surface area contributed by atoms with Gasteiger partial charge in [0.05, 0.1) is 6.61 Å². The highest BCUT2D eigenvalue weighted by Crippen LogP contribution is 2.12. The lowest BCUT2D eigenvalue weighted by Gasteiger charge is -2.14. The molecular weight excluding hydrogens is 246 g/mol. The van der Waals surface area contributed by atoms with Crippen LogP contribution in [0.25, 0.3) is 0 Å². The normalized spacial score (nSPS) is 12.1. The standard InChI is InChI=1S/C18H23NO/c1-15-9-11-18(12-10-15)20-14-6-13-19-16(2)17-7-4-3-5-8-17/h3-5,7-12,16,19H,6,13-14H2,1-2H3. The number of benzene rings is 2. The first-order chi connectivity index (χ1) is 9.75. The highest BCUT2D eigenvalue weighted by atomic mass is 16.5. The van der Waals surface area contributed by atoms with Crippen LogP contribution in [0.15, 0.2) is 54.6 Å². The summed E-state index contributed by atoms with van der Waals surface area (Å²) in [5, 5.41) is 3.51. The molecule has 20 heavy (non-hydrogen) atoms. The molecule has 0 aliphatic rings. The van der Waals surface area contributed by atoms with Crippen molar-refractivity contribution in [1.29, 1.82) is 0 Å². The summed E-state index contributed by atoms with van der Waals surface area (Å²) in [6.45, 7) is 5.98. The van der Waals surface area contributed by atoms with E-state index in [2.05, 4.69) is 55.6 Å². The van der Waals surface area contributed by atoms with E-state index in [1.165, 1.54) is 11.1 Å². The van der Waals surface area contributed by atoms with Crippen molar-refractivity contribution in [3.8, 4) is 5.75 Å². The molecule has 2 nitrogen and oxygen atoms in total. The monoisotopic (exact) mass is 269 g/mol. The van der Waals surface area contributed by atoms with Crippen molar-refractivity contribution in [2.24, 2.45) is 0 Å². The average molecular weight is 269 g/mol. The fourth-order valence-electron chi connectivity index (χ4n) is 2.07. The molecule has 0 aliphatic heterocycles. The first kappa shape index (κ1) is 14.6. The summed E-state index contributed by atoms with van der Waals surface area (Å²) in [5.74, 6) is 0.951. The molecule has 0 aliphatic carbocycles. The van der Waals surface area contributed by atoms with Crippen molar-refractivity contribution in [3.05, 3.63) is 65.7 Å². The second kappa shape index (κ2) is 7.71. The fraction of sp³-hybridized carbons (Fsp3) is 0.333. The number of hydrogen-bond donors (Lipinski definition) is 1. The summed E-state index contributed by atoms with van der Waals surface area (Å²) in [6, 6.07) is 19.1. The zero-order chi connectivity index (χ0) is 14.2. The summed E-state index contributed by atoms with van der Waals surface area (Å²) in [6.07, 6.45) is 1.01. The van der Waals surface area contributed by atoms with Gasteiger partial charge in [0.25, 0.3) is 0 Å². The van der Waals surface area contributed by atoms with Gasteiger partial charge in [-0.05, 0) is 44.5 Å². The molecule has 2 aromatic carbocycles. The van der Waals surface area contributed by atoms with E-state index >= 15 is 0 Å². The Kier molecular flexibility index (Phi) is 5.63. The van der Waals surface area contributed by atoms with Crippen LogP contribution in [0.4, 0.5) is 0 Å². The van der Waals surface area contributed by atoms with Crippen molar-refractivity contribution in [2.75, 3.05) is 13.2 Å². The highest BCUT2D eigenvalue weighted by Gasteiger charge is 2.02. The number of nitrogens with one attached hydrogen (secondary N) is 1. The van der Waals surface area contributed by atoms with E-state index in [0.717, 1.165) is 25.3 Å². The minimum Gasteiger partial charge on any atom is -0.494 e. The Morgan fingerprint density at radius 3 is 2.40 bits per heavy atom. The van der Waals surface area contributed by atoms with Crippen molar-refractivity contribution >= 4 is 0 Å². The van der Waals surface area contributed by atoms with Gasteiger partial charge in [0.1, 0.15) is 5.75 Å². The van der Waals surface area contributed by atoms with Crippen LogP contribution in [0, 0.1) is 6.92 Å².